The van der Waals surface area contributed by atoms with Crippen molar-refractivity contribution < 1.29 is 0 Å². The van der Waals surface area contributed by atoms with Crippen LogP contribution in [0.4, 0.5) is 0 Å². The predicted octanol–water partition coefficient (Wildman–Crippen LogP) is 4.41. The first-order chi connectivity index (χ1) is 7.31. The molecule has 1 aromatic carbocycles. The Hall–Kier alpha value is -1.27. The van der Waals surface area contributed by atoms with Crippen molar-refractivity contribution in [1.82, 2.24) is 0 Å². The molecular weight excluding hydrogens is 204 g/mol. The smallest absolute Gasteiger partial charge is 0.0190 e. The summed E-state index contributed by atoms with van der Waals surface area (Å²) in [5.41, 5.74) is 2.54. The number of benzene rings is 1. The zero-order chi connectivity index (χ0) is 10.7. The van der Waals surface area contributed by atoms with Crippen LogP contribution in [0.25, 0.3) is 0 Å². The van der Waals surface area contributed by atoms with Crippen LogP contribution in [0, 0.1) is 0 Å². The number of rotatable bonds is 2. The van der Waals surface area contributed by atoms with E-state index in [0.717, 1.165) is 11.5 Å². The molecule has 0 spiro atoms. The summed E-state index contributed by atoms with van der Waals surface area (Å²) < 4.78 is 0. The highest BCUT2D eigenvalue weighted by molar-refractivity contribution is 6.29. The van der Waals surface area contributed by atoms with Crippen LogP contribution in [0.5, 0.6) is 0 Å². The maximum absolute atomic E-state index is 6.07. The number of halogens is 1. The van der Waals surface area contributed by atoms with Crippen LogP contribution in [-0.4, -0.2) is 0 Å². The second kappa shape index (κ2) is 4.50. The van der Waals surface area contributed by atoms with Crippen molar-refractivity contribution in [3.05, 3.63) is 71.3 Å². The molecule has 15 heavy (non-hydrogen) atoms. The Labute approximate surface area is 95.6 Å². The second-order valence-electron chi connectivity index (χ2n) is 3.65. The van der Waals surface area contributed by atoms with E-state index in [9.17, 15) is 0 Å². The quantitative estimate of drug-likeness (QED) is 0.687. The van der Waals surface area contributed by atoms with E-state index >= 15 is 0 Å². The fraction of sp³-hybridized carbons (Fsp3) is 0.143. The Kier molecular flexibility index (Phi) is 3.08. The first kappa shape index (κ1) is 10.3. The Bertz CT molecular complexity index is 412. The highest BCUT2D eigenvalue weighted by Gasteiger charge is 2.18. The van der Waals surface area contributed by atoms with E-state index in [2.05, 4.69) is 36.9 Å². The van der Waals surface area contributed by atoms with Crippen molar-refractivity contribution >= 4 is 11.6 Å². The average Bonchev–Trinajstić information content (AvgIpc) is 2.30. The van der Waals surface area contributed by atoms with Gasteiger partial charge in [-0.25, -0.2) is 0 Å². The average molecular weight is 217 g/mol. The van der Waals surface area contributed by atoms with Gasteiger partial charge in [-0.1, -0.05) is 60.7 Å². The molecule has 0 amide bonds. The highest BCUT2D eigenvalue weighted by atomic mass is 35.5. The molecule has 1 heteroatoms. The molecule has 0 bridgehead atoms. The van der Waals surface area contributed by atoms with Gasteiger partial charge in [0.1, 0.15) is 0 Å². The van der Waals surface area contributed by atoms with Crippen LogP contribution in [0.15, 0.2) is 65.7 Å². The number of hydrogen-bond acceptors (Lipinski definition) is 0. The molecule has 0 N–H and O–H groups in total. The zero-order valence-corrected chi connectivity index (χ0v) is 9.24. The van der Waals surface area contributed by atoms with Gasteiger partial charge in [0.15, 0.2) is 0 Å². The predicted molar refractivity (Wildman–Crippen MR) is 66.0 cm³/mol. The summed E-state index contributed by atoms with van der Waals surface area (Å²) in [5.74, 6) is 0.362. The highest BCUT2D eigenvalue weighted by Crippen LogP contribution is 2.35. The van der Waals surface area contributed by atoms with Gasteiger partial charge in [-0.05, 0) is 23.6 Å². The summed E-state index contributed by atoms with van der Waals surface area (Å²) >= 11 is 6.07. The molecule has 0 nitrogen and oxygen atoms in total. The molecule has 2 rings (SSSR count). The van der Waals surface area contributed by atoms with E-state index in [0.29, 0.717) is 5.92 Å². The minimum Gasteiger partial charge on any atom is -0.0988 e. The van der Waals surface area contributed by atoms with Gasteiger partial charge in [0, 0.05) is 11.0 Å². The third-order valence-electron chi connectivity index (χ3n) is 2.70. The van der Waals surface area contributed by atoms with Gasteiger partial charge in [0.05, 0.1) is 0 Å². The third-order valence-corrected chi connectivity index (χ3v) is 2.98. The molecule has 1 unspecified atom stereocenters. The molecule has 0 heterocycles. The van der Waals surface area contributed by atoms with Crippen molar-refractivity contribution in [3.8, 4) is 0 Å². The molecular formula is C14H13Cl. The molecule has 76 valence electrons. The SMILES string of the molecule is C=CC1=CC=C(Cl)CC1c1ccccc1. The lowest BCUT2D eigenvalue weighted by Gasteiger charge is -2.21. The first-order valence-electron chi connectivity index (χ1n) is 5.05. The third kappa shape index (κ3) is 2.21. The maximum Gasteiger partial charge on any atom is 0.0190 e. The fourth-order valence-electron chi connectivity index (χ4n) is 1.89. The summed E-state index contributed by atoms with van der Waals surface area (Å²) in [6.45, 7) is 3.84. The standard InChI is InChI=1S/C14H13Cl/c1-2-11-8-9-13(15)10-14(11)12-6-4-3-5-7-12/h2-9,14H,1,10H2. The Morgan fingerprint density at radius 1 is 1.20 bits per heavy atom. The van der Waals surface area contributed by atoms with Crippen molar-refractivity contribution in [3.63, 3.8) is 0 Å². The van der Waals surface area contributed by atoms with E-state index in [-0.39, 0.29) is 0 Å². The van der Waals surface area contributed by atoms with Gasteiger partial charge in [-0.15, -0.1) is 0 Å². The molecule has 0 aromatic heterocycles. The lowest BCUT2D eigenvalue weighted by molar-refractivity contribution is 0.808. The molecule has 0 aliphatic heterocycles. The molecule has 0 fully saturated rings. The molecule has 0 saturated heterocycles. The van der Waals surface area contributed by atoms with E-state index in [1.807, 2.05) is 18.2 Å². The fourth-order valence-corrected chi connectivity index (χ4v) is 2.11. The van der Waals surface area contributed by atoms with E-state index < -0.39 is 0 Å². The van der Waals surface area contributed by atoms with Gasteiger partial charge < -0.3 is 0 Å². The zero-order valence-electron chi connectivity index (χ0n) is 8.49. The van der Waals surface area contributed by atoms with Crippen LogP contribution in [0.2, 0.25) is 0 Å². The second-order valence-corrected chi connectivity index (χ2v) is 4.14. The van der Waals surface area contributed by atoms with Crippen molar-refractivity contribution in [1.29, 1.82) is 0 Å². The minimum atomic E-state index is 0.362. The van der Waals surface area contributed by atoms with Crippen LogP contribution in [-0.2, 0) is 0 Å². The van der Waals surface area contributed by atoms with Gasteiger partial charge in [0.25, 0.3) is 0 Å². The van der Waals surface area contributed by atoms with Crippen LogP contribution >= 0.6 is 11.6 Å². The molecule has 0 saturated carbocycles. The monoisotopic (exact) mass is 216 g/mol. The molecule has 1 aromatic rings. The summed E-state index contributed by atoms with van der Waals surface area (Å²) in [6.07, 6.45) is 6.80. The normalized spacial score (nSPS) is 20.5. The topological polar surface area (TPSA) is 0 Å². The van der Waals surface area contributed by atoms with Crippen LogP contribution in [0.1, 0.15) is 17.9 Å². The van der Waals surface area contributed by atoms with E-state index in [1.165, 1.54) is 11.1 Å². The van der Waals surface area contributed by atoms with Crippen molar-refractivity contribution in [2.45, 2.75) is 12.3 Å². The first-order valence-corrected chi connectivity index (χ1v) is 5.42. The van der Waals surface area contributed by atoms with Crippen molar-refractivity contribution in [2.75, 3.05) is 0 Å². The number of hydrogen-bond donors (Lipinski definition) is 0. The Morgan fingerprint density at radius 3 is 2.60 bits per heavy atom. The molecule has 1 atom stereocenters. The summed E-state index contributed by atoms with van der Waals surface area (Å²) in [7, 11) is 0. The van der Waals surface area contributed by atoms with Gasteiger partial charge in [-0.2, -0.15) is 0 Å². The molecule has 0 radical (unpaired) electrons. The minimum absolute atomic E-state index is 0.362. The summed E-state index contributed by atoms with van der Waals surface area (Å²) in [4.78, 5) is 0. The largest absolute Gasteiger partial charge is 0.0988 e. The molecule has 1 aliphatic rings. The van der Waals surface area contributed by atoms with Crippen molar-refractivity contribution in [2.24, 2.45) is 0 Å². The van der Waals surface area contributed by atoms with E-state index in [4.69, 9.17) is 11.6 Å². The summed E-state index contributed by atoms with van der Waals surface area (Å²) in [5, 5.41) is 0.912. The van der Waals surface area contributed by atoms with Crippen LogP contribution < -0.4 is 0 Å². The van der Waals surface area contributed by atoms with Crippen LogP contribution in [0.3, 0.4) is 0 Å². The lowest BCUT2D eigenvalue weighted by Crippen LogP contribution is -2.04. The number of allylic oxidation sites excluding steroid dienone is 5. The lowest BCUT2D eigenvalue weighted by atomic mass is 9.85. The van der Waals surface area contributed by atoms with Gasteiger partial charge in [-0.3, -0.25) is 0 Å². The van der Waals surface area contributed by atoms with E-state index in [1.54, 1.807) is 0 Å². The van der Waals surface area contributed by atoms with Gasteiger partial charge >= 0.3 is 0 Å². The Morgan fingerprint density at radius 2 is 1.93 bits per heavy atom. The van der Waals surface area contributed by atoms with Gasteiger partial charge in [0.2, 0.25) is 0 Å². The maximum atomic E-state index is 6.07. The molecule has 1 aliphatic carbocycles. The summed E-state index contributed by atoms with van der Waals surface area (Å²) in [6, 6.07) is 10.4. The Balaban J connectivity index is 2.35.